The molecule has 2 aromatic rings. The number of halogens is 2. The number of rotatable bonds is 0. The largest absolute Gasteiger partial charge is 0.255 e. The van der Waals surface area contributed by atoms with Crippen molar-refractivity contribution in [3.63, 3.8) is 0 Å². The summed E-state index contributed by atoms with van der Waals surface area (Å²) in [5.41, 5.74) is 1.76. The average molecular weight is 288 g/mol. The predicted octanol–water partition coefficient (Wildman–Crippen LogP) is 4.38. The highest BCUT2D eigenvalue weighted by Crippen LogP contribution is 2.29. The Morgan fingerprint density at radius 2 is 2.00 bits per heavy atom. The van der Waals surface area contributed by atoms with E-state index in [-0.39, 0.29) is 0 Å². The fraction of sp³-hybridized carbons (Fsp3) is 0.273. The van der Waals surface area contributed by atoms with E-state index < -0.39 is 0 Å². The summed E-state index contributed by atoms with van der Waals surface area (Å²) in [6, 6.07) is 3.86. The van der Waals surface area contributed by atoms with E-state index in [1.54, 1.807) is 6.20 Å². The Kier molecular flexibility index (Phi) is 4.48. The van der Waals surface area contributed by atoms with Crippen LogP contribution in [-0.4, -0.2) is 9.97 Å². The third-order valence-corrected chi connectivity index (χ3v) is 3.11. The number of hydrogen-bond donors (Lipinski definition) is 0. The summed E-state index contributed by atoms with van der Waals surface area (Å²) in [5, 5.41) is 1.49. The second kappa shape index (κ2) is 5.42. The van der Waals surface area contributed by atoms with Crippen molar-refractivity contribution in [1.82, 2.24) is 9.97 Å². The molecule has 0 saturated heterocycles. The third kappa shape index (κ3) is 2.47. The van der Waals surface area contributed by atoms with E-state index >= 15 is 0 Å². The van der Waals surface area contributed by atoms with Gasteiger partial charge in [0.1, 0.15) is 5.15 Å². The Morgan fingerprint density at radius 3 is 2.67 bits per heavy atom. The van der Waals surface area contributed by atoms with Gasteiger partial charge in [-0.25, -0.2) is 4.98 Å². The SMILES string of the molecule is CC.Cc1nc(Cl)c(Br)c2ncccc12. The quantitative estimate of drug-likeness (QED) is 0.672. The van der Waals surface area contributed by atoms with Gasteiger partial charge in [-0.15, -0.1) is 0 Å². The van der Waals surface area contributed by atoms with Crippen molar-refractivity contribution >= 4 is 38.4 Å². The van der Waals surface area contributed by atoms with Crippen molar-refractivity contribution in [2.24, 2.45) is 0 Å². The lowest BCUT2D eigenvalue weighted by atomic mass is 10.2. The molecule has 2 rings (SSSR count). The zero-order valence-corrected chi connectivity index (χ0v) is 11.2. The van der Waals surface area contributed by atoms with Crippen LogP contribution in [0.4, 0.5) is 0 Å². The fourth-order valence-electron chi connectivity index (χ4n) is 1.23. The van der Waals surface area contributed by atoms with Crippen molar-refractivity contribution in [2.75, 3.05) is 0 Å². The lowest BCUT2D eigenvalue weighted by molar-refractivity contribution is 1.21. The smallest absolute Gasteiger partial charge is 0.145 e. The molecule has 2 heterocycles. The van der Waals surface area contributed by atoms with Gasteiger partial charge < -0.3 is 0 Å². The second-order valence-corrected chi connectivity index (χ2v) is 3.85. The summed E-state index contributed by atoms with van der Waals surface area (Å²) >= 11 is 9.25. The van der Waals surface area contributed by atoms with E-state index in [2.05, 4.69) is 25.9 Å². The molecule has 0 aliphatic rings. The molecule has 0 atom stereocenters. The van der Waals surface area contributed by atoms with Gasteiger partial charge in [0.25, 0.3) is 0 Å². The monoisotopic (exact) mass is 286 g/mol. The van der Waals surface area contributed by atoms with Crippen molar-refractivity contribution < 1.29 is 0 Å². The van der Waals surface area contributed by atoms with Crippen LogP contribution >= 0.6 is 27.5 Å². The Balaban J connectivity index is 0.000000531. The van der Waals surface area contributed by atoms with Crippen LogP contribution in [0.2, 0.25) is 5.15 Å². The molecule has 0 bridgehead atoms. The van der Waals surface area contributed by atoms with Gasteiger partial charge in [-0.2, -0.15) is 0 Å². The summed E-state index contributed by atoms with van der Waals surface area (Å²) < 4.78 is 0.760. The molecule has 4 heteroatoms. The zero-order valence-electron chi connectivity index (χ0n) is 8.88. The van der Waals surface area contributed by atoms with Gasteiger partial charge in [0, 0.05) is 17.3 Å². The minimum atomic E-state index is 0.462. The first-order chi connectivity index (χ1) is 7.20. The number of aryl methyl sites for hydroxylation is 1. The van der Waals surface area contributed by atoms with Crippen molar-refractivity contribution in [2.45, 2.75) is 20.8 Å². The minimum Gasteiger partial charge on any atom is -0.255 e. The van der Waals surface area contributed by atoms with E-state index in [1.165, 1.54) is 0 Å². The third-order valence-electron chi connectivity index (χ3n) is 1.85. The highest BCUT2D eigenvalue weighted by molar-refractivity contribution is 9.10. The topological polar surface area (TPSA) is 25.8 Å². The van der Waals surface area contributed by atoms with Crippen molar-refractivity contribution in [1.29, 1.82) is 0 Å². The van der Waals surface area contributed by atoms with Crippen LogP contribution in [0, 0.1) is 6.92 Å². The minimum absolute atomic E-state index is 0.462. The molecule has 0 aliphatic heterocycles. The molecule has 0 radical (unpaired) electrons. The highest BCUT2D eigenvalue weighted by atomic mass is 79.9. The van der Waals surface area contributed by atoms with Crippen LogP contribution in [0.25, 0.3) is 10.9 Å². The molecule has 0 aromatic carbocycles. The summed E-state index contributed by atoms with van der Waals surface area (Å²) in [4.78, 5) is 8.41. The van der Waals surface area contributed by atoms with Gasteiger partial charge in [0.05, 0.1) is 9.99 Å². The van der Waals surface area contributed by atoms with E-state index in [1.807, 2.05) is 32.9 Å². The molecule has 80 valence electrons. The van der Waals surface area contributed by atoms with Crippen molar-refractivity contribution in [3.05, 3.63) is 33.6 Å². The molecule has 2 nitrogen and oxygen atoms in total. The van der Waals surface area contributed by atoms with Crippen molar-refractivity contribution in [3.8, 4) is 0 Å². The Labute approximate surface area is 103 Å². The van der Waals surface area contributed by atoms with Crippen LogP contribution in [-0.2, 0) is 0 Å². The lowest BCUT2D eigenvalue weighted by Crippen LogP contribution is -1.89. The van der Waals surface area contributed by atoms with Gasteiger partial charge in [-0.1, -0.05) is 25.4 Å². The summed E-state index contributed by atoms with van der Waals surface area (Å²) in [6.07, 6.45) is 1.74. The molecule has 0 spiro atoms. The van der Waals surface area contributed by atoms with Gasteiger partial charge in [0.2, 0.25) is 0 Å². The van der Waals surface area contributed by atoms with Crippen LogP contribution in [0.5, 0.6) is 0 Å². The maximum Gasteiger partial charge on any atom is 0.145 e. The Hall–Kier alpha value is -0.670. The van der Waals surface area contributed by atoms with Gasteiger partial charge in [0.15, 0.2) is 0 Å². The molecule has 0 saturated carbocycles. The average Bonchev–Trinajstić information content (AvgIpc) is 2.29. The summed E-state index contributed by atoms with van der Waals surface area (Å²) in [6.45, 7) is 5.92. The van der Waals surface area contributed by atoms with E-state index in [0.29, 0.717) is 5.15 Å². The maximum absolute atomic E-state index is 5.89. The summed E-state index contributed by atoms with van der Waals surface area (Å²) in [5.74, 6) is 0. The number of nitrogens with zero attached hydrogens (tertiary/aromatic N) is 2. The molecule has 15 heavy (non-hydrogen) atoms. The fourth-order valence-corrected chi connectivity index (χ4v) is 1.85. The van der Waals surface area contributed by atoms with E-state index in [4.69, 9.17) is 11.6 Å². The Morgan fingerprint density at radius 1 is 1.33 bits per heavy atom. The van der Waals surface area contributed by atoms with Crippen LogP contribution in [0.15, 0.2) is 22.8 Å². The molecule has 0 fully saturated rings. The number of aromatic nitrogens is 2. The molecule has 0 N–H and O–H groups in total. The first-order valence-electron chi connectivity index (χ1n) is 4.76. The van der Waals surface area contributed by atoms with Crippen LogP contribution in [0.1, 0.15) is 19.5 Å². The molecule has 0 unspecified atom stereocenters. The van der Waals surface area contributed by atoms with Crippen LogP contribution in [0.3, 0.4) is 0 Å². The predicted molar refractivity (Wildman–Crippen MR) is 68.3 cm³/mol. The van der Waals surface area contributed by atoms with Gasteiger partial charge in [-0.05, 0) is 35.0 Å². The molecule has 2 aromatic heterocycles. The van der Waals surface area contributed by atoms with Gasteiger partial charge >= 0.3 is 0 Å². The molecular formula is C11H12BrClN2. The molecular weight excluding hydrogens is 275 g/mol. The van der Waals surface area contributed by atoms with E-state index in [0.717, 1.165) is 21.1 Å². The number of fused-ring (bicyclic) bond motifs is 1. The first kappa shape index (κ1) is 12.4. The standard InChI is InChI=1S/C9H6BrClN2.C2H6/c1-5-6-3-2-4-12-8(6)7(10)9(11)13-5;1-2/h2-4H,1H3;1-2H3. The molecule has 0 aliphatic carbocycles. The van der Waals surface area contributed by atoms with Gasteiger partial charge in [-0.3, -0.25) is 4.98 Å². The first-order valence-corrected chi connectivity index (χ1v) is 5.93. The summed E-state index contributed by atoms with van der Waals surface area (Å²) in [7, 11) is 0. The number of hydrogen-bond acceptors (Lipinski definition) is 2. The zero-order chi connectivity index (χ0) is 11.4. The van der Waals surface area contributed by atoms with E-state index in [9.17, 15) is 0 Å². The number of pyridine rings is 2. The Bertz CT molecular complexity index is 471. The second-order valence-electron chi connectivity index (χ2n) is 2.70. The van der Waals surface area contributed by atoms with Crippen LogP contribution < -0.4 is 0 Å². The normalized spacial score (nSPS) is 9.67. The maximum atomic E-state index is 5.89. The highest BCUT2D eigenvalue weighted by Gasteiger charge is 2.07. The lowest BCUT2D eigenvalue weighted by Gasteiger charge is -2.03. The molecule has 0 amide bonds.